The average Bonchev–Trinajstić information content (AvgIpc) is 2.01. The highest BCUT2D eigenvalue weighted by Crippen LogP contribution is 2.03. The Kier molecular flexibility index (Phi) is 3.10. The minimum atomic E-state index is -2.73. The fourth-order valence-electron chi connectivity index (χ4n) is 0.491. The largest absolute Gasteiger partial charge is 0.379 e. The van der Waals surface area contributed by atoms with Crippen molar-refractivity contribution in [2.24, 2.45) is 17.3 Å². The number of amides is 2. The normalized spacial score (nSPS) is 17.9. The lowest BCUT2D eigenvalue weighted by Gasteiger charge is -2.26. The van der Waals surface area contributed by atoms with E-state index in [1.54, 1.807) is 0 Å². The number of nitrogens with two attached hydrogens (primary N) is 3. The maximum Gasteiger partial charge on any atom is 0.269 e. The molecule has 0 radical (unpaired) electrons. The second-order valence-electron chi connectivity index (χ2n) is 2.08. The van der Waals surface area contributed by atoms with E-state index in [0.717, 1.165) is 0 Å². The van der Waals surface area contributed by atoms with Crippen LogP contribution in [0, 0.1) is 0 Å². The van der Waals surface area contributed by atoms with Gasteiger partial charge in [-0.2, -0.15) is 0 Å². The van der Waals surface area contributed by atoms with E-state index < -0.39 is 23.6 Å². The second-order valence-corrected chi connectivity index (χ2v) is 2.08. The molecular formula is C4H10N4O4. The molecule has 0 aliphatic heterocycles. The number of hydrogen-bond donors (Lipinski definition) is 6. The topological polar surface area (TPSA) is 165 Å². The number of rotatable bonds is 4. The molecule has 0 aromatic heterocycles. The number of nitrogens with one attached hydrogen (secondary N) is 1. The van der Waals surface area contributed by atoms with Crippen LogP contribution in [0.3, 0.4) is 0 Å². The zero-order valence-corrected chi connectivity index (χ0v) is 6.02. The van der Waals surface area contributed by atoms with Crippen LogP contribution in [0.5, 0.6) is 0 Å². The van der Waals surface area contributed by atoms with Crippen LogP contribution in [0.25, 0.3) is 0 Å². The standard InChI is InChI=1S/C4H10N4O4/c5-2(10)1(9)4(12,8-7)3(6)11/h1,8-9,12H,7H2,(H2,5,10)(H2,6,11). The van der Waals surface area contributed by atoms with Crippen molar-refractivity contribution in [2.45, 2.75) is 11.8 Å². The molecule has 0 aromatic carbocycles. The highest BCUT2D eigenvalue weighted by molar-refractivity contribution is 5.92. The molecule has 0 saturated heterocycles. The minimum absolute atomic E-state index is 1.32. The number of primary amides is 2. The van der Waals surface area contributed by atoms with E-state index in [0.29, 0.717) is 0 Å². The minimum Gasteiger partial charge on any atom is -0.379 e. The molecule has 0 saturated carbocycles. The molecule has 0 aliphatic rings. The first kappa shape index (κ1) is 10.8. The highest BCUT2D eigenvalue weighted by Gasteiger charge is 2.44. The van der Waals surface area contributed by atoms with Crippen LogP contribution in [-0.2, 0) is 9.59 Å². The molecule has 2 amide bonds. The van der Waals surface area contributed by atoms with Crippen molar-refractivity contribution in [1.82, 2.24) is 5.43 Å². The van der Waals surface area contributed by atoms with E-state index in [-0.39, 0.29) is 0 Å². The average molecular weight is 178 g/mol. The number of hydrazine groups is 1. The SMILES string of the molecule is NNC(O)(C(N)=O)C(O)C(N)=O. The second kappa shape index (κ2) is 3.45. The van der Waals surface area contributed by atoms with E-state index in [1.165, 1.54) is 5.43 Å². The maximum atomic E-state index is 10.5. The van der Waals surface area contributed by atoms with Gasteiger partial charge in [-0.25, -0.2) is 5.43 Å². The van der Waals surface area contributed by atoms with Gasteiger partial charge in [-0.15, -0.1) is 0 Å². The van der Waals surface area contributed by atoms with Crippen molar-refractivity contribution < 1.29 is 19.8 Å². The number of aliphatic hydroxyl groups excluding tert-OH is 1. The summed E-state index contributed by atoms with van der Waals surface area (Å²) in [5.74, 6) is 1.95. The Labute approximate surface area is 67.3 Å². The Bertz CT molecular complexity index is 207. The summed E-state index contributed by atoms with van der Waals surface area (Å²) in [6.07, 6.45) is -2.19. The molecule has 0 bridgehead atoms. The van der Waals surface area contributed by atoms with Crippen molar-refractivity contribution in [2.75, 3.05) is 0 Å². The van der Waals surface area contributed by atoms with Gasteiger partial charge in [0.25, 0.3) is 11.8 Å². The van der Waals surface area contributed by atoms with Gasteiger partial charge in [0.1, 0.15) is 0 Å². The third-order valence-electron chi connectivity index (χ3n) is 1.26. The Balaban J connectivity index is 4.75. The molecule has 70 valence electrons. The molecule has 8 heteroatoms. The lowest BCUT2D eigenvalue weighted by atomic mass is 10.1. The molecule has 0 spiro atoms. The highest BCUT2D eigenvalue weighted by atomic mass is 16.4. The van der Waals surface area contributed by atoms with Crippen LogP contribution >= 0.6 is 0 Å². The summed E-state index contributed by atoms with van der Waals surface area (Å²) in [6, 6.07) is 0. The van der Waals surface area contributed by atoms with E-state index in [4.69, 9.17) is 10.2 Å². The van der Waals surface area contributed by atoms with E-state index in [2.05, 4.69) is 17.3 Å². The summed E-state index contributed by atoms with van der Waals surface area (Å²) in [4.78, 5) is 20.8. The molecule has 12 heavy (non-hydrogen) atoms. The van der Waals surface area contributed by atoms with Gasteiger partial charge in [0.05, 0.1) is 0 Å². The fraction of sp³-hybridized carbons (Fsp3) is 0.500. The van der Waals surface area contributed by atoms with Crippen LogP contribution in [0.4, 0.5) is 0 Å². The summed E-state index contributed by atoms with van der Waals surface area (Å²) in [7, 11) is 0. The van der Waals surface area contributed by atoms with Crippen molar-refractivity contribution in [1.29, 1.82) is 0 Å². The Hall–Kier alpha value is -1.22. The van der Waals surface area contributed by atoms with Gasteiger partial charge in [-0.1, -0.05) is 0 Å². The number of carbonyl (C=O) groups is 2. The summed E-state index contributed by atoms with van der Waals surface area (Å²) in [5, 5.41) is 17.9. The molecule has 8 nitrogen and oxygen atoms in total. The molecular weight excluding hydrogens is 168 g/mol. The predicted molar refractivity (Wildman–Crippen MR) is 36.7 cm³/mol. The van der Waals surface area contributed by atoms with Crippen LogP contribution in [0.15, 0.2) is 0 Å². The predicted octanol–water partition coefficient (Wildman–Crippen LogP) is -4.53. The van der Waals surface area contributed by atoms with Gasteiger partial charge in [-0.3, -0.25) is 15.4 Å². The summed E-state index contributed by atoms with van der Waals surface area (Å²) >= 11 is 0. The maximum absolute atomic E-state index is 10.5. The Morgan fingerprint density at radius 2 is 1.83 bits per heavy atom. The zero-order valence-electron chi connectivity index (χ0n) is 6.02. The van der Waals surface area contributed by atoms with Crippen molar-refractivity contribution >= 4 is 11.8 Å². The van der Waals surface area contributed by atoms with Crippen LogP contribution in [0.2, 0.25) is 0 Å². The summed E-state index contributed by atoms with van der Waals surface area (Å²) < 4.78 is 0. The fourth-order valence-corrected chi connectivity index (χ4v) is 0.491. The van der Waals surface area contributed by atoms with Crippen LogP contribution in [0.1, 0.15) is 0 Å². The monoisotopic (exact) mass is 178 g/mol. The van der Waals surface area contributed by atoms with E-state index >= 15 is 0 Å². The molecule has 9 N–H and O–H groups in total. The number of aliphatic hydroxyl groups is 2. The Morgan fingerprint density at radius 3 is 1.92 bits per heavy atom. The first-order valence-corrected chi connectivity index (χ1v) is 2.83. The quantitative estimate of drug-likeness (QED) is 0.144. The van der Waals surface area contributed by atoms with Gasteiger partial charge < -0.3 is 21.7 Å². The van der Waals surface area contributed by atoms with Crippen molar-refractivity contribution in [3.8, 4) is 0 Å². The lowest BCUT2D eigenvalue weighted by Crippen LogP contribution is -2.68. The van der Waals surface area contributed by atoms with Gasteiger partial charge in [0.15, 0.2) is 6.10 Å². The third kappa shape index (κ3) is 1.68. The smallest absolute Gasteiger partial charge is 0.269 e. The van der Waals surface area contributed by atoms with Crippen molar-refractivity contribution in [3.63, 3.8) is 0 Å². The first-order chi connectivity index (χ1) is 5.36. The lowest BCUT2D eigenvalue weighted by molar-refractivity contribution is -0.164. The number of hydrogen-bond acceptors (Lipinski definition) is 6. The summed E-state index contributed by atoms with van der Waals surface area (Å²) in [5.41, 5.74) is 7.96. The van der Waals surface area contributed by atoms with Gasteiger partial charge in [0.2, 0.25) is 5.72 Å². The number of carbonyl (C=O) groups excluding carboxylic acids is 2. The zero-order chi connectivity index (χ0) is 9.94. The molecule has 0 fully saturated rings. The third-order valence-corrected chi connectivity index (χ3v) is 1.26. The molecule has 2 atom stereocenters. The van der Waals surface area contributed by atoms with Gasteiger partial charge in [0, 0.05) is 0 Å². The first-order valence-electron chi connectivity index (χ1n) is 2.83. The van der Waals surface area contributed by atoms with E-state index in [1.807, 2.05) is 0 Å². The Morgan fingerprint density at radius 1 is 1.42 bits per heavy atom. The molecule has 0 heterocycles. The van der Waals surface area contributed by atoms with Crippen molar-refractivity contribution in [3.05, 3.63) is 0 Å². The van der Waals surface area contributed by atoms with Gasteiger partial charge in [-0.05, 0) is 0 Å². The van der Waals surface area contributed by atoms with Gasteiger partial charge >= 0.3 is 0 Å². The molecule has 2 unspecified atom stereocenters. The molecule has 0 rings (SSSR count). The summed E-state index contributed by atoms with van der Waals surface area (Å²) in [6.45, 7) is 0. The molecule has 0 aliphatic carbocycles. The van der Waals surface area contributed by atoms with Crippen LogP contribution < -0.4 is 22.7 Å². The molecule has 0 aromatic rings. The van der Waals surface area contributed by atoms with E-state index in [9.17, 15) is 9.59 Å². The van der Waals surface area contributed by atoms with Crippen LogP contribution in [-0.4, -0.2) is 33.9 Å².